The van der Waals surface area contributed by atoms with Crippen molar-refractivity contribution in [3.63, 3.8) is 0 Å². The van der Waals surface area contributed by atoms with Gasteiger partial charge in [0.2, 0.25) is 5.91 Å². The fraction of sp³-hybridized carbons (Fsp3) is 0.278. The van der Waals surface area contributed by atoms with Gasteiger partial charge in [-0.2, -0.15) is 0 Å². The number of hydrogen-bond donors (Lipinski definition) is 0. The lowest BCUT2D eigenvalue weighted by Crippen LogP contribution is -2.36. The van der Waals surface area contributed by atoms with E-state index in [1.54, 1.807) is 11.8 Å². The van der Waals surface area contributed by atoms with E-state index in [1.807, 2.05) is 47.4 Å². The van der Waals surface area contributed by atoms with Gasteiger partial charge in [0.05, 0.1) is 5.75 Å². The largest absolute Gasteiger partial charge is 0.311 e. The van der Waals surface area contributed by atoms with Crippen molar-refractivity contribution in [2.75, 3.05) is 17.2 Å². The first-order valence-electron chi connectivity index (χ1n) is 7.44. The van der Waals surface area contributed by atoms with Crippen LogP contribution in [0.5, 0.6) is 0 Å². The Morgan fingerprint density at radius 1 is 1.18 bits per heavy atom. The lowest BCUT2D eigenvalue weighted by molar-refractivity contribution is -0.116. The third-order valence-corrected chi connectivity index (χ3v) is 5.02. The van der Waals surface area contributed by atoms with E-state index in [-0.39, 0.29) is 5.91 Å². The smallest absolute Gasteiger partial charge is 0.236 e. The molecule has 0 saturated carbocycles. The van der Waals surface area contributed by atoms with Crippen LogP contribution in [0.15, 0.2) is 48.5 Å². The van der Waals surface area contributed by atoms with Gasteiger partial charge in [-0.05, 0) is 42.2 Å². The Morgan fingerprint density at radius 2 is 2.05 bits per heavy atom. The number of nitrogens with zero attached hydrogens (tertiary/aromatic N) is 1. The minimum absolute atomic E-state index is 0.194. The summed E-state index contributed by atoms with van der Waals surface area (Å²) in [5.74, 6) is 1.50. The molecule has 4 heteroatoms. The minimum atomic E-state index is 0.194. The number of fused-ring (bicyclic) bond motifs is 1. The molecule has 1 heterocycles. The van der Waals surface area contributed by atoms with E-state index in [0.29, 0.717) is 5.75 Å². The maximum Gasteiger partial charge on any atom is 0.236 e. The highest BCUT2D eigenvalue weighted by molar-refractivity contribution is 7.99. The van der Waals surface area contributed by atoms with Crippen LogP contribution in [0.3, 0.4) is 0 Å². The number of thioether (sulfide) groups is 1. The molecular formula is C18H18ClNOS. The number of anilines is 1. The molecule has 0 spiro atoms. The molecule has 0 fully saturated rings. The van der Waals surface area contributed by atoms with Crippen molar-refractivity contribution in [3.8, 4) is 0 Å². The lowest BCUT2D eigenvalue weighted by atomic mass is 10.0. The highest BCUT2D eigenvalue weighted by Crippen LogP contribution is 2.27. The van der Waals surface area contributed by atoms with Crippen molar-refractivity contribution in [3.05, 3.63) is 64.7 Å². The Hall–Kier alpha value is -1.45. The van der Waals surface area contributed by atoms with E-state index in [4.69, 9.17) is 11.6 Å². The van der Waals surface area contributed by atoms with Gasteiger partial charge in [-0.15, -0.1) is 11.8 Å². The fourth-order valence-electron chi connectivity index (χ4n) is 2.75. The van der Waals surface area contributed by atoms with Crippen molar-refractivity contribution in [2.24, 2.45) is 0 Å². The van der Waals surface area contributed by atoms with E-state index in [2.05, 4.69) is 6.07 Å². The van der Waals surface area contributed by atoms with Crippen LogP contribution >= 0.6 is 23.4 Å². The number of carbonyl (C=O) groups is 1. The Bertz CT molecular complexity index is 674. The molecule has 2 aromatic rings. The first kappa shape index (κ1) is 15.4. The number of aryl methyl sites for hydroxylation is 1. The summed E-state index contributed by atoms with van der Waals surface area (Å²) in [6.07, 6.45) is 2.11. The second-order valence-electron chi connectivity index (χ2n) is 5.40. The van der Waals surface area contributed by atoms with Gasteiger partial charge < -0.3 is 4.90 Å². The van der Waals surface area contributed by atoms with Gasteiger partial charge in [0.15, 0.2) is 0 Å². The summed E-state index contributed by atoms with van der Waals surface area (Å²) in [7, 11) is 0. The Morgan fingerprint density at radius 3 is 2.91 bits per heavy atom. The van der Waals surface area contributed by atoms with E-state index in [0.717, 1.165) is 41.4 Å². The first-order valence-corrected chi connectivity index (χ1v) is 8.98. The maximum atomic E-state index is 12.5. The molecule has 1 aliphatic heterocycles. The van der Waals surface area contributed by atoms with Crippen LogP contribution in [0.2, 0.25) is 5.02 Å². The average Bonchev–Trinajstić information content (AvgIpc) is 2.54. The minimum Gasteiger partial charge on any atom is -0.311 e. The first-order chi connectivity index (χ1) is 10.7. The molecule has 1 aliphatic rings. The number of hydrogen-bond acceptors (Lipinski definition) is 2. The Labute approximate surface area is 140 Å². The number of benzene rings is 2. The van der Waals surface area contributed by atoms with Gasteiger partial charge in [0, 0.05) is 23.0 Å². The van der Waals surface area contributed by atoms with Crippen molar-refractivity contribution in [1.29, 1.82) is 0 Å². The molecule has 114 valence electrons. The number of amides is 1. The van der Waals surface area contributed by atoms with Crippen molar-refractivity contribution >= 4 is 35.0 Å². The summed E-state index contributed by atoms with van der Waals surface area (Å²) in [5, 5.41) is 0.745. The van der Waals surface area contributed by atoms with Crippen LogP contribution in [0, 0.1) is 0 Å². The molecule has 2 aromatic carbocycles. The van der Waals surface area contributed by atoms with Gasteiger partial charge in [-0.3, -0.25) is 4.79 Å². The second-order valence-corrected chi connectivity index (χ2v) is 6.82. The molecule has 0 aromatic heterocycles. The SMILES string of the molecule is O=C(CSCc1cccc(Cl)c1)N1CCCc2ccccc21. The fourth-order valence-corrected chi connectivity index (χ4v) is 3.81. The summed E-state index contributed by atoms with van der Waals surface area (Å²) < 4.78 is 0. The summed E-state index contributed by atoms with van der Waals surface area (Å²) in [6, 6.07) is 16.0. The van der Waals surface area contributed by atoms with E-state index in [9.17, 15) is 4.79 Å². The lowest BCUT2D eigenvalue weighted by Gasteiger charge is -2.29. The number of rotatable bonds is 4. The van der Waals surface area contributed by atoms with Crippen LogP contribution in [-0.4, -0.2) is 18.2 Å². The normalized spacial score (nSPS) is 13.8. The van der Waals surface area contributed by atoms with Crippen molar-refractivity contribution < 1.29 is 4.79 Å². The van der Waals surface area contributed by atoms with Gasteiger partial charge in [-0.1, -0.05) is 41.9 Å². The zero-order valence-corrected chi connectivity index (χ0v) is 13.9. The van der Waals surface area contributed by atoms with Gasteiger partial charge in [0.25, 0.3) is 0 Å². The standard InChI is InChI=1S/C18H18ClNOS/c19-16-8-3-5-14(11-16)12-22-13-18(21)20-10-4-7-15-6-1-2-9-17(15)20/h1-3,5-6,8-9,11H,4,7,10,12-13H2. The topological polar surface area (TPSA) is 20.3 Å². The Kier molecular flexibility index (Phi) is 5.06. The average molecular weight is 332 g/mol. The van der Waals surface area contributed by atoms with E-state index in [1.165, 1.54) is 5.56 Å². The Balaban J connectivity index is 1.59. The molecule has 0 unspecified atom stereocenters. The molecule has 22 heavy (non-hydrogen) atoms. The molecule has 0 aliphatic carbocycles. The summed E-state index contributed by atoms with van der Waals surface area (Å²) in [6.45, 7) is 0.827. The number of para-hydroxylation sites is 1. The molecule has 0 saturated heterocycles. The number of carbonyl (C=O) groups excluding carboxylic acids is 1. The molecule has 0 radical (unpaired) electrons. The zero-order valence-electron chi connectivity index (χ0n) is 12.3. The van der Waals surface area contributed by atoms with Gasteiger partial charge in [0.1, 0.15) is 0 Å². The highest BCUT2D eigenvalue weighted by Gasteiger charge is 2.21. The third-order valence-electron chi connectivity index (χ3n) is 3.79. The van der Waals surface area contributed by atoms with Gasteiger partial charge in [-0.25, -0.2) is 0 Å². The van der Waals surface area contributed by atoms with Gasteiger partial charge >= 0.3 is 0 Å². The molecule has 0 bridgehead atoms. The maximum absolute atomic E-state index is 12.5. The molecule has 1 amide bonds. The predicted molar refractivity (Wildman–Crippen MR) is 94.7 cm³/mol. The summed E-state index contributed by atoms with van der Waals surface area (Å²) in [4.78, 5) is 14.4. The predicted octanol–water partition coefficient (Wildman–Crippen LogP) is 4.55. The highest BCUT2D eigenvalue weighted by atomic mass is 35.5. The molecule has 2 nitrogen and oxygen atoms in total. The third kappa shape index (κ3) is 3.65. The quantitative estimate of drug-likeness (QED) is 0.819. The van der Waals surface area contributed by atoms with Crippen molar-refractivity contribution in [1.82, 2.24) is 0 Å². The zero-order chi connectivity index (χ0) is 15.4. The monoisotopic (exact) mass is 331 g/mol. The van der Waals surface area contributed by atoms with Crippen LogP contribution < -0.4 is 4.90 Å². The van der Waals surface area contributed by atoms with Crippen LogP contribution in [-0.2, 0) is 17.0 Å². The molecule has 0 N–H and O–H groups in total. The molecule has 0 atom stereocenters. The summed E-state index contributed by atoms with van der Waals surface area (Å²) in [5.41, 5.74) is 3.52. The molecular weight excluding hydrogens is 314 g/mol. The second kappa shape index (κ2) is 7.21. The van der Waals surface area contributed by atoms with Crippen LogP contribution in [0.1, 0.15) is 17.5 Å². The van der Waals surface area contributed by atoms with E-state index < -0.39 is 0 Å². The van der Waals surface area contributed by atoms with Crippen LogP contribution in [0.4, 0.5) is 5.69 Å². The summed E-state index contributed by atoms with van der Waals surface area (Å²) >= 11 is 7.62. The van der Waals surface area contributed by atoms with E-state index >= 15 is 0 Å². The number of halogens is 1. The van der Waals surface area contributed by atoms with Crippen LogP contribution in [0.25, 0.3) is 0 Å². The molecule has 3 rings (SSSR count). The van der Waals surface area contributed by atoms with Crippen molar-refractivity contribution in [2.45, 2.75) is 18.6 Å².